The summed E-state index contributed by atoms with van der Waals surface area (Å²) in [6, 6.07) is 7.95. The van der Waals surface area contributed by atoms with Crippen LogP contribution in [0.4, 0.5) is 5.69 Å². The van der Waals surface area contributed by atoms with Crippen LogP contribution < -0.4 is 5.73 Å². The predicted molar refractivity (Wildman–Crippen MR) is 51.1 cm³/mol. The Bertz CT molecular complexity index is 420. The first-order valence-electron chi connectivity index (χ1n) is 4.04. The number of rotatable bonds is 1. The smallest absolute Gasteiger partial charge is 0.189 e. The maximum Gasteiger partial charge on any atom is 0.189 e. The lowest BCUT2D eigenvalue weighted by atomic mass is 10.1. The molecule has 3 nitrogen and oxygen atoms in total. The van der Waals surface area contributed by atoms with Gasteiger partial charge in [-0.15, -0.1) is 0 Å². The van der Waals surface area contributed by atoms with E-state index in [4.69, 9.17) is 10.3 Å². The lowest BCUT2D eigenvalue weighted by Gasteiger charge is -1.97. The third kappa shape index (κ3) is 1.40. The van der Waals surface area contributed by atoms with E-state index in [1.807, 2.05) is 31.2 Å². The van der Waals surface area contributed by atoms with Crippen LogP contribution in [0, 0.1) is 6.92 Å². The van der Waals surface area contributed by atoms with E-state index in [0.717, 1.165) is 5.56 Å². The second-order valence-corrected chi connectivity index (χ2v) is 2.98. The summed E-state index contributed by atoms with van der Waals surface area (Å²) in [5.74, 6) is 0.642. The van der Waals surface area contributed by atoms with Crippen molar-refractivity contribution < 1.29 is 4.52 Å². The number of benzene rings is 1. The average molecular weight is 174 g/mol. The van der Waals surface area contributed by atoms with Crippen molar-refractivity contribution >= 4 is 5.69 Å². The molecule has 0 aliphatic heterocycles. The van der Waals surface area contributed by atoms with Crippen molar-refractivity contribution in [2.45, 2.75) is 6.92 Å². The monoisotopic (exact) mass is 174 g/mol. The minimum atomic E-state index is 0.575. The Morgan fingerprint density at radius 3 is 2.85 bits per heavy atom. The van der Waals surface area contributed by atoms with Crippen molar-refractivity contribution in [2.24, 2.45) is 0 Å². The number of aromatic nitrogens is 1. The average Bonchev–Trinajstić information content (AvgIpc) is 2.51. The molecule has 3 heteroatoms. The highest BCUT2D eigenvalue weighted by atomic mass is 16.5. The van der Waals surface area contributed by atoms with Gasteiger partial charge >= 0.3 is 0 Å². The normalized spacial score (nSPS) is 10.2. The molecule has 2 aromatic rings. The van der Waals surface area contributed by atoms with Gasteiger partial charge in [0.05, 0.1) is 6.20 Å². The van der Waals surface area contributed by atoms with Gasteiger partial charge in [-0.05, 0) is 13.0 Å². The first kappa shape index (κ1) is 7.86. The highest BCUT2D eigenvalue weighted by Crippen LogP contribution is 2.25. The third-order valence-corrected chi connectivity index (χ3v) is 1.88. The Kier molecular flexibility index (Phi) is 1.77. The Balaban J connectivity index is 2.53. The predicted octanol–water partition coefficient (Wildman–Crippen LogP) is 2.23. The van der Waals surface area contributed by atoms with Gasteiger partial charge in [0.15, 0.2) is 5.76 Å². The quantitative estimate of drug-likeness (QED) is 0.721. The van der Waals surface area contributed by atoms with Gasteiger partial charge < -0.3 is 10.3 Å². The summed E-state index contributed by atoms with van der Waals surface area (Å²) in [4.78, 5) is 0. The summed E-state index contributed by atoms with van der Waals surface area (Å²) in [6.07, 6.45) is 1.51. The fourth-order valence-electron chi connectivity index (χ4n) is 1.25. The van der Waals surface area contributed by atoms with Crippen molar-refractivity contribution in [1.82, 2.24) is 5.16 Å². The van der Waals surface area contributed by atoms with Gasteiger partial charge in [-0.25, -0.2) is 0 Å². The molecule has 0 aliphatic rings. The van der Waals surface area contributed by atoms with Crippen LogP contribution in [-0.2, 0) is 0 Å². The molecule has 1 heterocycles. The number of hydrogen-bond donors (Lipinski definition) is 1. The van der Waals surface area contributed by atoms with Crippen LogP contribution in [0.1, 0.15) is 5.56 Å². The van der Waals surface area contributed by atoms with Crippen LogP contribution in [0.25, 0.3) is 11.3 Å². The van der Waals surface area contributed by atoms with Crippen LogP contribution in [-0.4, -0.2) is 5.16 Å². The maximum atomic E-state index is 5.67. The molecule has 1 aromatic heterocycles. The molecule has 0 spiro atoms. The number of aryl methyl sites for hydroxylation is 1. The van der Waals surface area contributed by atoms with E-state index in [2.05, 4.69) is 5.16 Å². The summed E-state index contributed by atoms with van der Waals surface area (Å²) in [7, 11) is 0. The summed E-state index contributed by atoms with van der Waals surface area (Å²) in [6.45, 7) is 2.02. The van der Waals surface area contributed by atoms with Crippen molar-refractivity contribution in [1.29, 1.82) is 0 Å². The first-order valence-corrected chi connectivity index (χ1v) is 4.04. The van der Waals surface area contributed by atoms with Crippen molar-refractivity contribution in [3.05, 3.63) is 36.0 Å². The zero-order valence-electron chi connectivity index (χ0n) is 7.32. The van der Waals surface area contributed by atoms with E-state index in [1.54, 1.807) is 0 Å². The molecule has 2 N–H and O–H groups in total. The summed E-state index contributed by atoms with van der Waals surface area (Å²) < 4.78 is 5.03. The Morgan fingerprint density at radius 2 is 2.23 bits per heavy atom. The van der Waals surface area contributed by atoms with Crippen LogP contribution in [0.5, 0.6) is 0 Å². The van der Waals surface area contributed by atoms with E-state index in [0.29, 0.717) is 11.4 Å². The standard InChI is InChI=1S/C10H10N2O/c1-7-3-2-4-8(5-7)10-9(11)6-12-13-10/h2-6H,11H2,1H3. The Hall–Kier alpha value is -1.77. The van der Waals surface area contributed by atoms with E-state index < -0.39 is 0 Å². The number of anilines is 1. The van der Waals surface area contributed by atoms with Crippen molar-refractivity contribution in [3.8, 4) is 11.3 Å². The second kappa shape index (κ2) is 2.94. The van der Waals surface area contributed by atoms with Crippen LogP contribution in [0.3, 0.4) is 0 Å². The van der Waals surface area contributed by atoms with Gasteiger partial charge in [-0.2, -0.15) is 0 Å². The van der Waals surface area contributed by atoms with Crippen molar-refractivity contribution in [2.75, 3.05) is 5.73 Å². The van der Waals surface area contributed by atoms with Crippen LogP contribution >= 0.6 is 0 Å². The zero-order valence-corrected chi connectivity index (χ0v) is 7.32. The van der Waals surface area contributed by atoms with Gasteiger partial charge in [0.2, 0.25) is 0 Å². The van der Waals surface area contributed by atoms with Gasteiger partial charge in [0.1, 0.15) is 5.69 Å². The van der Waals surface area contributed by atoms with Gasteiger partial charge in [0.25, 0.3) is 0 Å². The molecule has 0 fully saturated rings. The SMILES string of the molecule is Cc1cccc(-c2oncc2N)c1. The lowest BCUT2D eigenvalue weighted by Crippen LogP contribution is -1.84. The highest BCUT2D eigenvalue weighted by molar-refractivity contribution is 5.70. The van der Waals surface area contributed by atoms with Crippen LogP contribution in [0.15, 0.2) is 35.0 Å². The van der Waals surface area contributed by atoms with Gasteiger partial charge in [0, 0.05) is 5.56 Å². The van der Waals surface area contributed by atoms with Crippen molar-refractivity contribution in [3.63, 3.8) is 0 Å². The zero-order chi connectivity index (χ0) is 9.26. The Morgan fingerprint density at radius 1 is 1.38 bits per heavy atom. The van der Waals surface area contributed by atoms with Gasteiger partial charge in [-0.1, -0.05) is 28.9 Å². The molecule has 0 radical (unpaired) electrons. The molecular weight excluding hydrogens is 164 g/mol. The number of nitrogen functional groups attached to an aromatic ring is 1. The first-order chi connectivity index (χ1) is 6.27. The molecule has 0 bridgehead atoms. The van der Waals surface area contributed by atoms with E-state index >= 15 is 0 Å². The van der Waals surface area contributed by atoms with Gasteiger partial charge in [-0.3, -0.25) is 0 Å². The van der Waals surface area contributed by atoms with Crippen LogP contribution in [0.2, 0.25) is 0 Å². The topological polar surface area (TPSA) is 52.0 Å². The minimum Gasteiger partial charge on any atom is -0.394 e. The molecule has 13 heavy (non-hydrogen) atoms. The molecule has 0 unspecified atom stereocenters. The number of nitrogens with zero attached hydrogens (tertiary/aromatic N) is 1. The minimum absolute atomic E-state index is 0.575. The van der Waals surface area contributed by atoms with E-state index in [1.165, 1.54) is 11.8 Å². The number of nitrogens with two attached hydrogens (primary N) is 1. The summed E-state index contributed by atoms with van der Waals surface area (Å²) >= 11 is 0. The van der Waals surface area contributed by atoms with E-state index in [-0.39, 0.29) is 0 Å². The largest absolute Gasteiger partial charge is 0.394 e. The molecule has 66 valence electrons. The Labute approximate surface area is 76.2 Å². The molecule has 0 saturated heterocycles. The van der Waals surface area contributed by atoms with E-state index in [9.17, 15) is 0 Å². The fourth-order valence-corrected chi connectivity index (χ4v) is 1.25. The molecule has 1 aromatic carbocycles. The fraction of sp³-hybridized carbons (Fsp3) is 0.100. The molecule has 0 aliphatic carbocycles. The maximum absolute atomic E-state index is 5.67. The summed E-state index contributed by atoms with van der Waals surface area (Å²) in [5.41, 5.74) is 8.38. The highest BCUT2D eigenvalue weighted by Gasteiger charge is 2.06. The molecule has 0 amide bonds. The molecule has 2 rings (SSSR count). The third-order valence-electron chi connectivity index (χ3n) is 1.88. The molecular formula is C10H10N2O. The second-order valence-electron chi connectivity index (χ2n) is 2.98. The lowest BCUT2D eigenvalue weighted by molar-refractivity contribution is 0.432. The summed E-state index contributed by atoms with van der Waals surface area (Å²) in [5, 5.41) is 3.63. The number of hydrogen-bond acceptors (Lipinski definition) is 3. The molecule has 0 saturated carbocycles. The molecule has 0 atom stereocenters.